The van der Waals surface area contributed by atoms with E-state index in [4.69, 9.17) is 5.11 Å². The number of anilines is 1. The maximum Gasteiger partial charge on any atom is 0.101 e. The normalized spacial score (nSPS) is 23.7. The molecule has 4 heteroatoms. The zero-order valence-electron chi connectivity index (χ0n) is 10.6. The van der Waals surface area contributed by atoms with Crippen molar-refractivity contribution in [1.82, 2.24) is 5.32 Å². The first-order chi connectivity index (χ1) is 8.76. The number of hydrogen-bond acceptors (Lipinski definition) is 4. The fourth-order valence-electron chi connectivity index (χ4n) is 2.48. The van der Waals surface area contributed by atoms with Crippen LogP contribution in [0.5, 0.6) is 0 Å². The van der Waals surface area contributed by atoms with E-state index in [1.165, 1.54) is 0 Å². The summed E-state index contributed by atoms with van der Waals surface area (Å²) in [4.78, 5) is 2.25. The van der Waals surface area contributed by atoms with Crippen LogP contribution in [0.2, 0.25) is 0 Å². The summed E-state index contributed by atoms with van der Waals surface area (Å²) in [6.45, 7) is 4.02. The molecule has 0 aliphatic carbocycles. The summed E-state index contributed by atoms with van der Waals surface area (Å²) in [7, 11) is 0. The van der Waals surface area contributed by atoms with Crippen molar-refractivity contribution >= 4 is 5.69 Å². The van der Waals surface area contributed by atoms with Gasteiger partial charge < -0.3 is 15.3 Å². The molecule has 0 bridgehead atoms. The third kappa shape index (κ3) is 2.63. The van der Waals surface area contributed by atoms with Crippen LogP contribution in [0.4, 0.5) is 5.69 Å². The minimum atomic E-state index is 0.173. The van der Waals surface area contributed by atoms with Gasteiger partial charge >= 0.3 is 0 Å². The second-order valence-corrected chi connectivity index (χ2v) is 4.76. The molecule has 1 aliphatic rings. The van der Waals surface area contributed by atoms with Crippen molar-refractivity contribution in [2.45, 2.75) is 25.4 Å². The molecule has 2 N–H and O–H groups in total. The molecule has 1 fully saturated rings. The highest BCUT2D eigenvalue weighted by Crippen LogP contribution is 2.24. The fourth-order valence-corrected chi connectivity index (χ4v) is 2.48. The van der Waals surface area contributed by atoms with Crippen LogP contribution in [0, 0.1) is 11.3 Å². The monoisotopic (exact) mass is 245 g/mol. The first-order valence-electron chi connectivity index (χ1n) is 6.36. The van der Waals surface area contributed by atoms with E-state index in [9.17, 15) is 5.26 Å². The summed E-state index contributed by atoms with van der Waals surface area (Å²) in [6, 6.07) is 10.6. The Bertz CT molecular complexity index is 441. The number of benzene rings is 1. The molecule has 0 amide bonds. The SMILES string of the molecule is CC1CN(c2ccccc2C#N)C(CCO)CN1. The maximum absolute atomic E-state index is 9.19. The van der Waals surface area contributed by atoms with Crippen LogP contribution >= 0.6 is 0 Å². The molecule has 4 nitrogen and oxygen atoms in total. The topological polar surface area (TPSA) is 59.3 Å². The van der Waals surface area contributed by atoms with Crippen molar-refractivity contribution in [1.29, 1.82) is 5.26 Å². The van der Waals surface area contributed by atoms with E-state index >= 15 is 0 Å². The summed E-state index contributed by atoms with van der Waals surface area (Å²) in [5, 5.41) is 21.8. The molecular formula is C14H19N3O. The number of para-hydroxylation sites is 1. The zero-order valence-corrected chi connectivity index (χ0v) is 10.6. The first kappa shape index (κ1) is 12.9. The molecule has 2 atom stereocenters. The van der Waals surface area contributed by atoms with Gasteiger partial charge in [-0.15, -0.1) is 0 Å². The summed E-state index contributed by atoms with van der Waals surface area (Å²) >= 11 is 0. The van der Waals surface area contributed by atoms with Crippen LogP contribution < -0.4 is 10.2 Å². The summed E-state index contributed by atoms with van der Waals surface area (Å²) in [6.07, 6.45) is 0.722. The minimum Gasteiger partial charge on any atom is -0.396 e. The Kier molecular flexibility index (Phi) is 4.19. The third-order valence-electron chi connectivity index (χ3n) is 3.41. The number of piperazine rings is 1. The molecule has 96 valence electrons. The summed E-state index contributed by atoms with van der Waals surface area (Å²) in [5.74, 6) is 0. The lowest BCUT2D eigenvalue weighted by Crippen LogP contribution is -2.56. The fraction of sp³-hybridized carbons (Fsp3) is 0.500. The predicted octanol–water partition coefficient (Wildman–Crippen LogP) is 1.11. The third-order valence-corrected chi connectivity index (χ3v) is 3.41. The van der Waals surface area contributed by atoms with Crippen molar-refractivity contribution in [3.8, 4) is 6.07 Å². The van der Waals surface area contributed by atoms with Crippen LogP contribution in [-0.4, -0.2) is 36.9 Å². The van der Waals surface area contributed by atoms with Crippen molar-refractivity contribution in [2.24, 2.45) is 0 Å². The Balaban J connectivity index is 2.29. The first-order valence-corrected chi connectivity index (χ1v) is 6.36. The second kappa shape index (κ2) is 5.85. The van der Waals surface area contributed by atoms with Crippen molar-refractivity contribution in [3.05, 3.63) is 29.8 Å². The molecule has 2 unspecified atom stereocenters. The molecule has 0 aromatic heterocycles. The van der Waals surface area contributed by atoms with E-state index < -0.39 is 0 Å². The lowest BCUT2D eigenvalue weighted by atomic mass is 10.0. The van der Waals surface area contributed by atoms with E-state index in [1.54, 1.807) is 0 Å². The van der Waals surface area contributed by atoms with Gasteiger partial charge in [-0.25, -0.2) is 0 Å². The quantitative estimate of drug-likeness (QED) is 0.837. The Hall–Kier alpha value is -1.57. The minimum absolute atomic E-state index is 0.173. The Morgan fingerprint density at radius 3 is 3.00 bits per heavy atom. The molecule has 18 heavy (non-hydrogen) atoms. The molecule has 0 saturated carbocycles. The Morgan fingerprint density at radius 2 is 2.28 bits per heavy atom. The molecule has 0 radical (unpaired) electrons. The largest absolute Gasteiger partial charge is 0.396 e. The summed E-state index contributed by atoms with van der Waals surface area (Å²) in [5.41, 5.74) is 1.68. The average molecular weight is 245 g/mol. The maximum atomic E-state index is 9.19. The van der Waals surface area contributed by atoms with Gasteiger partial charge in [0.1, 0.15) is 6.07 Å². The molecule has 1 aliphatic heterocycles. The zero-order chi connectivity index (χ0) is 13.0. The number of nitrogens with zero attached hydrogens (tertiary/aromatic N) is 2. The van der Waals surface area contributed by atoms with E-state index in [2.05, 4.69) is 23.2 Å². The number of rotatable bonds is 3. The van der Waals surface area contributed by atoms with Crippen molar-refractivity contribution in [2.75, 3.05) is 24.6 Å². The van der Waals surface area contributed by atoms with Gasteiger partial charge in [-0.2, -0.15) is 5.26 Å². The van der Waals surface area contributed by atoms with Gasteiger partial charge in [0.05, 0.1) is 11.3 Å². The molecule has 1 saturated heterocycles. The van der Waals surface area contributed by atoms with Gasteiger partial charge in [-0.05, 0) is 25.5 Å². The van der Waals surface area contributed by atoms with Crippen LogP contribution in [-0.2, 0) is 0 Å². The van der Waals surface area contributed by atoms with Gasteiger partial charge in [0.2, 0.25) is 0 Å². The van der Waals surface area contributed by atoms with E-state index in [0.717, 1.165) is 25.2 Å². The van der Waals surface area contributed by atoms with Crippen molar-refractivity contribution < 1.29 is 5.11 Å². The van der Waals surface area contributed by atoms with Crippen LogP contribution in [0.25, 0.3) is 0 Å². The number of hydrogen-bond donors (Lipinski definition) is 2. The highest BCUT2D eigenvalue weighted by atomic mass is 16.3. The highest BCUT2D eigenvalue weighted by molar-refractivity contribution is 5.60. The Labute approximate surface area is 108 Å². The molecule has 1 aromatic rings. The standard InChI is InChI=1S/C14H19N3O/c1-11-10-17(13(6-7-18)9-16-11)14-5-3-2-4-12(14)8-15/h2-5,11,13,16,18H,6-7,9-10H2,1H3. The number of nitriles is 1. The molecule has 0 spiro atoms. The van der Waals surface area contributed by atoms with Crippen LogP contribution in [0.15, 0.2) is 24.3 Å². The average Bonchev–Trinajstić information content (AvgIpc) is 2.41. The van der Waals surface area contributed by atoms with Gasteiger partial charge in [-0.3, -0.25) is 0 Å². The van der Waals surface area contributed by atoms with Gasteiger partial charge in [0, 0.05) is 31.8 Å². The second-order valence-electron chi connectivity index (χ2n) is 4.76. The number of nitrogens with one attached hydrogen (secondary N) is 1. The van der Waals surface area contributed by atoms with Crippen molar-refractivity contribution in [3.63, 3.8) is 0 Å². The Morgan fingerprint density at radius 1 is 1.50 bits per heavy atom. The lowest BCUT2D eigenvalue weighted by Gasteiger charge is -2.41. The van der Waals surface area contributed by atoms with Crippen LogP contribution in [0.3, 0.4) is 0 Å². The predicted molar refractivity (Wildman–Crippen MR) is 71.5 cm³/mol. The molecule has 1 heterocycles. The molecular weight excluding hydrogens is 226 g/mol. The van der Waals surface area contributed by atoms with E-state index in [0.29, 0.717) is 11.6 Å². The molecule has 1 aromatic carbocycles. The van der Waals surface area contributed by atoms with E-state index in [-0.39, 0.29) is 12.6 Å². The lowest BCUT2D eigenvalue weighted by molar-refractivity contribution is 0.260. The number of aliphatic hydroxyl groups is 1. The van der Waals surface area contributed by atoms with Gasteiger partial charge in [-0.1, -0.05) is 12.1 Å². The van der Waals surface area contributed by atoms with E-state index in [1.807, 2.05) is 24.3 Å². The molecule has 2 rings (SSSR count). The highest BCUT2D eigenvalue weighted by Gasteiger charge is 2.26. The summed E-state index contributed by atoms with van der Waals surface area (Å²) < 4.78 is 0. The van der Waals surface area contributed by atoms with Crippen LogP contribution in [0.1, 0.15) is 18.9 Å². The smallest absolute Gasteiger partial charge is 0.101 e. The van der Waals surface area contributed by atoms with Gasteiger partial charge in [0.25, 0.3) is 0 Å². The van der Waals surface area contributed by atoms with Gasteiger partial charge in [0.15, 0.2) is 0 Å². The number of aliphatic hydroxyl groups excluding tert-OH is 1.